The molecule has 3 aromatic rings. The number of benzene rings is 2. The Morgan fingerprint density at radius 1 is 1.09 bits per heavy atom. The molecule has 0 spiro atoms. The molecule has 4 heteroatoms. The number of nitrogens with zero attached hydrogens (tertiary/aromatic N) is 1. The Bertz CT molecular complexity index is 825. The second kappa shape index (κ2) is 6.84. The smallest absolute Gasteiger partial charge is 0.175 e. The van der Waals surface area contributed by atoms with Crippen molar-refractivity contribution >= 4 is 28.4 Å². The van der Waals surface area contributed by atoms with Gasteiger partial charge in [0.05, 0.1) is 17.9 Å². The first kappa shape index (κ1) is 15.6. The van der Waals surface area contributed by atoms with E-state index in [-0.39, 0.29) is 11.0 Å². The molecule has 3 rings (SSSR count). The van der Waals surface area contributed by atoms with Crippen molar-refractivity contribution in [3.05, 3.63) is 66.4 Å². The van der Waals surface area contributed by atoms with Crippen LogP contribution in [0.4, 0.5) is 0 Å². The molecule has 116 valence electrons. The molecule has 1 atom stereocenters. The highest BCUT2D eigenvalue weighted by Crippen LogP contribution is 2.31. The number of hydrogen-bond donors (Lipinski definition) is 0. The van der Waals surface area contributed by atoms with E-state index in [0.717, 1.165) is 21.5 Å². The molecule has 0 aliphatic rings. The Morgan fingerprint density at radius 3 is 2.57 bits per heavy atom. The number of methoxy groups -OCH3 is 1. The molecule has 0 aliphatic carbocycles. The summed E-state index contributed by atoms with van der Waals surface area (Å²) in [7, 11) is 1.61. The van der Waals surface area contributed by atoms with Crippen molar-refractivity contribution in [3.8, 4) is 5.75 Å². The average molecular weight is 323 g/mol. The van der Waals surface area contributed by atoms with Crippen molar-refractivity contribution in [3.63, 3.8) is 0 Å². The van der Waals surface area contributed by atoms with Crippen LogP contribution in [0.3, 0.4) is 0 Å². The summed E-state index contributed by atoms with van der Waals surface area (Å²) in [5, 5.41) is 0.906. The van der Waals surface area contributed by atoms with Crippen LogP contribution >= 0.6 is 11.8 Å². The molecule has 3 nitrogen and oxygen atoms in total. The van der Waals surface area contributed by atoms with Gasteiger partial charge in [0.15, 0.2) is 5.78 Å². The van der Waals surface area contributed by atoms with E-state index in [1.54, 1.807) is 25.1 Å². The normalized spacial score (nSPS) is 12.1. The van der Waals surface area contributed by atoms with Crippen LogP contribution in [0.5, 0.6) is 5.75 Å². The Kier molecular flexibility index (Phi) is 4.63. The quantitative estimate of drug-likeness (QED) is 0.508. The standard InChI is InChI=1S/C19H17NO2S/c1-13(19(21)14-7-9-15(22-2)10-8-14)23-18-11-12-20-17-6-4-3-5-16(17)18/h3-13H,1-2H3. The first-order valence-electron chi connectivity index (χ1n) is 7.37. The Morgan fingerprint density at radius 2 is 1.83 bits per heavy atom. The summed E-state index contributed by atoms with van der Waals surface area (Å²) in [6, 6.07) is 17.2. The lowest BCUT2D eigenvalue weighted by Gasteiger charge is -2.12. The van der Waals surface area contributed by atoms with Crippen molar-refractivity contribution in [2.75, 3.05) is 7.11 Å². The predicted octanol–water partition coefficient (Wildman–Crippen LogP) is 4.61. The number of carbonyl (C=O) groups excluding carboxylic acids is 1. The third-order valence-electron chi connectivity index (χ3n) is 3.66. The van der Waals surface area contributed by atoms with Gasteiger partial charge in [-0.2, -0.15) is 0 Å². The Balaban J connectivity index is 1.82. The van der Waals surface area contributed by atoms with E-state index in [0.29, 0.717) is 5.56 Å². The zero-order valence-corrected chi connectivity index (χ0v) is 13.8. The molecular formula is C19H17NO2S. The van der Waals surface area contributed by atoms with Gasteiger partial charge in [0.1, 0.15) is 5.75 Å². The fraction of sp³-hybridized carbons (Fsp3) is 0.158. The van der Waals surface area contributed by atoms with Crippen LogP contribution in [0.25, 0.3) is 10.9 Å². The highest BCUT2D eigenvalue weighted by Gasteiger charge is 2.17. The van der Waals surface area contributed by atoms with Crippen molar-refractivity contribution in [2.24, 2.45) is 0 Å². The lowest BCUT2D eigenvalue weighted by atomic mass is 10.1. The van der Waals surface area contributed by atoms with Crippen LogP contribution in [0.2, 0.25) is 0 Å². The zero-order chi connectivity index (χ0) is 16.2. The fourth-order valence-corrected chi connectivity index (χ4v) is 3.47. The maximum absolute atomic E-state index is 12.6. The van der Waals surface area contributed by atoms with Gasteiger partial charge in [-0.15, -0.1) is 11.8 Å². The summed E-state index contributed by atoms with van der Waals surface area (Å²) in [5.74, 6) is 0.862. The number of thioether (sulfide) groups is 1. The van der Waals surface area contributed by atoms with E-state index < -0.39 is 0 Å². The monoisotopic (exact) mass is 323 g/mol. The molecule has 0 bridgehead atoms. The molecular weight excluding hydrogens is 306 g/mol. The van der Waals surface area contributed by atoms with Gasteiger partial charge in [-0.1, -0.05) is 18.2 Å². The largest absolute Gasteiger partial charge is 0.497 e. The van der Waals surface area contributed by atoms with E-state index >= 15 is 0 Å². The van der Waals surface area contributed by atoms with E-state index in [4.69, 9.17) is 4.74 Å². The van der Waals surface area contributed by atoms with Gasteiger partial charge in [-0.3, -0.25) is 9.78 Å². The molecule has 23 heavy (non-hydrogen) atoms. The number of ketones is 1. The van der Waals surface area contributed by atoms with Crippen molar-refractivity contribution < 1.29 is 9.53 Å². The highest BCUT2D eigenvalue weighted by atomic mass is 32.2. The number of ether oxygens (including phenoxy) is 1. The average Bonchev–Trinajstić information content (AvgIpc) is 2.61. The van der Waals surface area contributed by atoms with Gasteiger partial charge in [0, 0.05) is 22.0 Å². The molecule has 0 amide bonds. The summed E-state index contributed by atoms with van der Waals surface area (Å²) < 4.78 is 5.13. The van der Waals surface area contributed by atoms with Gasteiger partial charge in [0.25, 0.3) is 0 Å². The summed E-state index contributed by atoms with van der Waals surface area (Å²) in [6.07, 6.45) is 1.79. The predicted molar refractivity (Wildman–Crippen MR) is 94.4 cm³/mol. The molecule has 0 N–H and O–H groups in total. The van der Waals surface area contributed by atoms with E-state index in [2.05, 4.69) is 4.98 Å². The van der Waals surface area contributed by atoms with Crippen LogP contribution in [0.15, 0.2) is 65.7 Å². The molecule has 1 aromatic heterocycles. The second-order valence-electron chi connectivity index (χ2n) is 5.18. The zero-order valence-electron chi connectivity index (χ0n) is 13.0. The number of aromatic nitrogens is 1. The minimum Gasteiger partial charge on any atom is -0.497 e. The van der Waals surface area contributed by atoms with Crippen molar-refractivity contribution in [2.45, 2.75) is 17.1 Å². The van der Waals surface area contributed by atoms with E-state index in [9.17, 15) is 4.79 Å². The maximum atomic E-state index is 12.6. The number of Topliss-reactive ketones (excluding diaryl/α,β-unsaturated/α-hetero) is 1. The SMILES string of the molecule is COc1ccc(C(=O)C(C)Sc2ccnc3ccccc23)cc1. The van der Waals surface area contributed by atoms with Gasteiger partial charge < -0.3 is 4.74 Å². The molecule has 2 aromatic carbocycles. The first-order valence-corrected chi connectivity index (χ1v) is 8.25. The highest BCUT2D eigenvalue weighted by molar-refractivity contribution is 8.00. The molecule has 1 heterocycles. The van der Waals surface area contributed by atoms with Crippen LogP contribution in [0.1, 0.15) is 17.3 Å². The lowest BCUT2D eigenvalue weighted by Crippen LogP contribution is -2.13. The van der Waals surface area contributed by atoms with Crippen LogP contribution in [-0.2, 0) is 0 Å². The molecule has 0 aliphatic heterocycles. The van der Waals surface area contributed by atoms with Gasteiger partial charge in [-0.05, 0) is 43.3 Å². The Labute approximate surface area is 139 Å². The third kappa shape index (κ3) is 3.37. The number of para-hydroxylation sites is 1. The lowest BCUT2D eigenvalue weighted by molar-refractivity contribution is 0.0994. The Hall–Kier alpha value is -2.33. The second-order valence-corrected chi connectivity index (χ2v) is 6.56. The molecule has 0 radical (unpaired) electrons. The summed E-state index contributed by atoms with van der Waals surface area (Å²) >= 11 is 1.57. The van der Waals surface area contributed by atoms with Crippen LogP contribution in [-0.4, -0.2) is 23.1 Å². The van der Waals surface area contributed by atoms with Crippen molar-refractivity contribution in [1.29, 1.82) is 0 Å². The van der Waals surface area contributed by atoms with E-state index in [1.807, 2.05) is 61.5 Å². The third-order valence-corrected chi connectivity index (χ3v) is 4.83. The van der Waals surface area contributed by atoms with E-state index in [1.165, 1.54) is 0 Å². The number of pyridine rings is 1. The molecule has 0 saturated heterocycles. The summed E-state index contributed by atoms with van der Waals surface area (Å²) in [4.78, 5) is 18.0. The number of fused-ring (bicyclic) bond motifs is 1. The van der Waals surface area contributed by atoms with Crippen molar-refractivity contribution in [1.82, 2.24) is 4.98 Å². The first-order chi connectivity index (χ1) is 11.2. The van der Waals surface area contributed by atoms with Gasteiger partial charge >= 0.3 is 0 Å². The van der Waals surface area contributed by atoms with Crippen LogP contribution in [0, 0.1) is 0 Å². The molecule has 0 fully saturated rings. The number of hydrogen-bond acceptors (Lipinski definition) is 4. The van der Waals surface area contributed by atoms with Gasteiger partial charge in [0.2, 0.25) is 0 Å². The van der Waals surface area contributed by atoms with Gasteiger partial charge in [-0.25, -0.2) is 0 Å². The number of rotatable bonds is 5. The maximum Gasteiger partial charge on any atom is 0.175 e. The van der Waals surface area contributed by atoms with Crippen LogP contribution < -0.4 is 4.74 Å². The summed E-state index contributed by atoms with van der Waals surface area (Å²) in [5.41, 5.74) is 1.64. The minimum absolute atomic E-state index is 0.110. The number of carbonyl (C=O) groups is 1. The topological polar surface area (TPSA) is 39.2 Å². The minimum atomic E-state index is -0.172. The summed E-state index contributed by atoms with van der Waals surface area (Å²) in [6.45, 7) is 1.94. The molecule has 1 unspecified atom stereocenters. The fourth-order valence-electron chi connectivity index (χ4n) is 2.41. The molecule has 0 saturated carbocycles.